The van der Waals surface area contributed by atoms with Crippen molar-refractivity contribution >= 4 is 11.8 Å². The topological polar surface area (TPSA) is 61.8 Å². The van der Waals surface area contributed by atoms with Gasteiger partial charge in [0.05, 0.1) is 6.42 Å². The number of aryl methyl sites for hydroxylation is 1. The number of esters is 1. The van der Waals surface area contributed by atoms with Gasteiger partial charge in [0.15, 0.2) is 11.7 Å². The van der Waals surface area contributed by atoms with E-state index in [4.69, 9.17) is 14.2 Å². The Labute approximate surface area is 116 Å². The molecule has 1 aromatic carbocycles. The number of hydrogen-bond donors (Lipinski definition) is 0. The van der Waals surface area contributed by atoms with E-state index in [-0.39, 0.29) is 12.2 Å². The number of carbonyl (C=O) groups is 2. The molecule has 0 N–H and O–H groups in total. The van der Waals surface area contributed by atoms with Crippen molar-refractivity contribution in [2.75, 3.05) is 0 Å². The van der Waals surface area contributed by atoms with Gasteiger partial charge in [0.25, 0.3) is 0 Å². The largest absolute Gasteiger partial charge is 0.464 e. The standard InChI is InChI=1S/C15H16O5/c1-8-4-5-11-10(6-8)15(3)14(17)12(18-9(2)16)7-13(19-11)20-15/h4-6,12-13H,7H2,1-3H3. The Hall–Kier alpha value is -1.88. The molecule has 106 valence electrons. The van der Waals surface area contributed by atoms with Gasteiger partial charge in [-0.25, -0.2) is 0 Å². The van der Waals surface area contributed by atoms with Crippen molar-refractivity contribution in [3.05, 3.63) is 29.3 Å². The Bertz CT molecular complexity index is 594. The van der Waals surface area contributed by atoms with Gasteiger partial charge in [-0.1, -0.05) is 11.6 Å². The third-order valence-corrected chi connectivity index (χ3v) is 3.75. The van der Waals surface area contributed by atoms with Crippen molar-refractivity contribution in [2.45, 2.75) is 45.2 Å². The first-order valence-corrected chi connectivity index (χ1v) is 6.57. The van der Waals surface area contributed by atoms with Gasteiger partial charge in [-0.05, 0) is 26.0 Å². The molecule has 0 saturated carbocycles. The third kappa shape index (κ3) is 1.89. The summed E-state index contributed by atoms with van der Waals surface area (Å²) in [6, 6.07) is 5.65. The SMILES string of the molecule is CC(=O)OC1CC2Oc3ccc(C)cc3C(C)(O2)C1=O. The van der Waals surface area contributed by atoms with Gasteiger partial charge in [-0.3, -0.25) is 9.59 Å². The molecule has 1 fully saturated rings. The average molecular weight is 276 g/mol. The van der Waals surface area contributed by atoms with Crippen LogP contribution in [0.4, 0.5) is 0 Å². The summed E-state index contributed by atoms with van der Waals surface area (Å²) in [5, 5.41) is 0. The molecular formula is C15H16O5. The van der Waals surface area contributed by atoms with Gasteiger partial charge in [0.2, 0.25) is 12.1 Å². The second kappa shape index (κ2) is 4.31. The second-order valence-corrected chi connectivity index (χ2v) is 5.40. The molecule has 0 spiro atoms. The van der Waals surface area contributed by atoms with E-state index >= 15 is 0 Å². The maximum atomic E-state index is 12.6. The molecule has 3 atom stereocenters. The van der Waals surface area contributed by atoms with Crippen LogP contribution in [0.15, 0.2) is 18.2 Å². The van der Waals surface area contributed by atoms with Crippen molar-refractivity contribution in [2.24, 2.45) is 0 Å². The molecule has 1 aromatic rings. The average Bonchev–Trinajstić information content (AvgIpc) is 2.36. The van der Waals surface area contributed by atoms with Crippen LogP contribution >= 0.6 is 0 Å². The maximum Gasteiger partial charge on any atom is 0.303 e. The highest BCUT2D eigenvalue weighted by Gasteiger charge is 2.53. The Kier molecular flexibility index (Phi) is 2.83. The zero-order valence-corrected chi connectivity index (χ0v) is 11.6. The number of rotatable bonds is 1. The summed E-state index contributed by atoms with van der Waals surface area (Å²) in [6.45, 7) is 4.94. The molecule has 0 amide bonds. The van der Waals surface area contributed by atoms with Gasteiger partial charge in [-0.2, -0.15) is 0 Å². The first kappa shape index (κ1) is 13.1. The van der Waals surface area contributed by atoms with Gasteiger partial charge >= 0.3 is 5.97 Å². The van der Waals surface area contributed by atoms with E-state index in [1.165, 1.54) is 6.92 Å². The van der Waals surface area contributed by atoms with Crippen LogP contribution in [0.5, 0.6) is 5.75 Å². The number of ether oxygens (including phenoxy) is 3. The predicted octanol–water partition coefficient (Wildman–Crippen LogP) is 1.85. The molecule has 5 nitrogen and oxygen atoms in total. The fourth-order valence-corrected chi connectivity index (χ4v) is 2.79. The zero-order chi connectivity index (χ0) is 14.5. The highest BCUT2D eigenvalue weighted by Crippen LogP contribution is 2.45. The van der Waals surface area contributed by atoms with E-state index in [1.54, 1.807) is 6.92 Å². The molecule has 3 unspecified atom stereocenters. The number of fused-ring (bicyclic) bond motifs is 4. The Morgan fingerprint density at radius 1 is 1.45 bits per heavy atom. The molecule has 0 aromatic heterocycles. The summed E-state index contributed by atoms with van der Waals surface area (Å²) in [6.07, 6.45) is -1.16. The number of carbonyl (C=O) groups excluding carboxylic acids is 2. The summed E-state index contributed by atoms with van der Waals surface area (Å²) in [5.41, 5.74) is 0.580. The molecule has 1 saturated heterocycles. The van der Waals surface area contributed by atoms with Crippen LogP contribution < -0.4 is 4.74 Å². The van der Waals surface area contributed by atoms with Gasteiger partial charge in [0, 0.05) is 12.5 Å². The van der Waals surface area contributed by atoms with E-state index in [2.05, 4.69) is 0 Å². The molecule has 2 bridgehead atoms. The molecule has 2 aliphatic heterocycles. The van der Waals surface area contributed by atoms with Gasteiger partial charge < -0.3 is 14.2 Å². The molecule has 5 heteroatoms. The third-order valence-electron chi connectivity index (χ3n) is 3.75. The van der Waals surface area contributed by atoms with Crippen LogP contribution in [-0.2, 0) is 24.7 Å². The maximum absolute atomic E-state index is 12.6. The van der Waals surface area contributed by atoms with Gasteiger partial charge in [0.1, 0.15) is 5.75 Å². The van der Waals surface area contributed by atoms with E-state index < -0.39 is 24.0 Å². The lowest BCUT2D eigenvalue weighted by atomic mass is 9.82. The minimum atomic E-state index is -1.12. The van der Waals surface area contributed by atoms with E-state index in [1.807, 2.05) is 25.1 Å². The Balaban J connectivity index is 2.05. The lowest BCUT2D eigenvalue weighted by Crippen LogP contribution is -2.56. The Morgan fingerprint density at radius 2 is 2.20 bits per heavy atom. The molecule has 3 rings (SSSR count). The number of ketones is 1. The van der Waals surface area contributed by atoms with Gasteiger partial charge in [-0.15, -0.1) is 0 Å². The first-order valence-electron chi connectivity index (χ1n) is 6.57. The molecule has 0 aliphatic carbocycles. The molecule has 2 aliphatic rings. The number of benzene rings is 1. The quantitative estimate of drug-likeness (QED) is 0.732. The molecule has 0 radical (unpaired) electrons. The first-order chi connectivity index (χ1) is 9.40. The summed E-state index contributed by atoms with van der Waals surface area (Å²) >= 11 is 0. The summed E-state index contributed by atoms with van der Waals surface area (Å²) in [7, 11) is 0. The predicted molar refractivity (Wildman–Crippen MR) is 69.2 cm³/mol. The van der Waals surface area contributed by atoms with E-state index in [0.717, 1.165) is 5.56 Å². The van der Waals surface area contributed by atoms with Crippen molar-refractivity contribution in [1.82, 2.24) is 0 Å². The summed E-state index contributed by atoms with van der Waals surface area (Å²) in [4.78, 5) is 23.7. The van der Waals surface area contributed by atoms with Crippen molar-refractivity contribution < 1.29 is 23.8 Å². The smallest absolute Gasteiger partial charge is 0.303 e. The minimum absolute atomic E-state index is 0.224. The molecule has 20 heavy (non-hydrogen) atoms. The van der Waals surface area contributed by atoms with E-state index in [0.29, 0.717) is 11.3 Å². The fraction of sp³-hybridized carbons (Fsp3) is 0.467. The molecule has 2 heterocycles. The van der Waals surface area contributed by atoms with Crippen LogP contribution in [0.25, 0.3) is 0 Å². The van der Waals surface area contributed by atoms with Crippen molar-refractivity contribution in [3.63, 3.8) is 0 Å². The summed E-state index contributed by atoms with van der Waals surface area (Å²) in [5.74, 6) is -0.0561. The molecular weight excluding hydrogens is 260 g/mol. The van der Waals surface area contributed by atoms with E-state index in [9.17, 15) is 9.59 Å². The highest BCUT2D eigenvalue weighted by atomic mass is 16.7. The minimum Gasteiger partial charge on any atom is -0.464 e. The normalized spacial score (nSPS) is 31.2. The van der Waals surface area contributed by atoms with Crippen molar-refractivity contribution in [1.29, 1.82) is 0 Å². The monoisotopic (exact) mass is 276 g/mol. The highest BCUT2D eigenvalue weighted by molar-refractivity contribution is 5.94. The zero-order valence-electron chi connectivity index (χ0n) is 11.6. The summed E-state index contributed by atoms with van der Waals surface area (Å²) < 4.78 is 16.6. The van der Waals surface area contributed by atoms with Crippen LogP contribution in [0.2, 0.25) is 0 Å². The van der Waals surface area contributed by atoms with Crippen LogP contribution in [0, 0.1) is 6.92 Å². The van der Waals surface area contributed by atoms with Crippen LogP contribution in [0.1, 0.15) is 31.4 Å². The van der Waals surface area contributed by atoms with Crippen molar-refractivity contribution in [3.8, 4) is 5.75 Å². The Morgan fingerprint density at radius 3 is 2.90 bits per heavy atom. The van der Waals surface area contributed by atoms with Crippen LogP contribution in [0.3, 0.4) is 0 Å². The fourth-order valence-electron chi connectivity index (χ4n) is 2.79. The lowest BCUT2D eigenvalue weighted by molar-refractivity contribution is -0.231. The van der Waals surface area contributed by atoms with Crippen LogP contribution in [-0.4, -0.2) is 24.1 Å². The number of Topliss-reactive ketones (excluding diaryl/α,β-unsaturated/α-hetero) is 1. The number of hydrogen-bond acceptors (Lipinski definition) is 5. The lowest BCUT2D eigenvalue weighted by Gasteiger charge is -2.45. The second-order valence-electron chi connectivity index (χ2n) is 5.40.